The van der Waals surface area contributed by atoms with E-state index >= 15 is 0 Å². The third-order valence-electron chi connectivity index (χ3n) is 8.55. The molecule has 1 fully saturated rings. The fourth-order valence-corrected chi connectivity index (χ4v) is 6.09. The summed E-state index contributed by atoms with van der Waals surface area (Å²) in [6.45, 7) is 11.8. The average molecular weight is 621 g/mol. The van der Waals surface area contributed by atoms with Crippen LogP contribution in [0.15, 0.2) is 73.1 Å². The molecule has 0 unspecified atom stereocenters. The summed E-state index contributed by atoms with van der Waals surface area (Å²) < 4.78 is 7.45. The van der Waals surface area contributed by atoms with Gasteiger partial charge in [-0.1, -0.05) is 55.5 Å². The molecule has 240 valence electrons. The number of imidazole rings is 1. The first kappa shape index (κ1) is 31.4. The molecule has 0 atom stereocenters. The van der Waals surface area contributed by atoms with Gasteiger partial charge in [-0.05, 0) is 52.3 Å². The Morgan fingerprint density at radius 2 is 1.78 bits per heavy atom. The van der Waals surface area contributed by atoms with Crippen LogP contribution in [0.25, 0.3) is 38.9 Å². The highest BCUT2D eigenvalue weighted by Gasteiger charge is 2.34. The van der Waals surface area contributed by atoms with Crippen LogP contribution in [-0.2, 0) is 4.74 Å². The van der Waals surface area contributed by atoms with Crippen molar-refractivity contribution in [3.8, 4) is 22.5 Å². The third kappa shape index (κ3) is 7.13. The van der Waals surface area contributed by atoms with Gasteiger partial charge in [0.1, 0.15) is 28.5 Å². The van der Waals surface area contributed by atoms with Gasteiger partial charge in [0.2, 0.25) is 0 Å². The molecule has 0 spiro atoms. The van der Waals surface area contributed by atoms with Crippen LogP contribution in [0.5, 0.6) is 0 Å². The molecular weight excluding hydrogens is 576 g/mol. The van der Waals surface area contributed by atoms with E-state index in [2.05, 4.69) is 74.3 Å². The van der Waals surface area contributed by atoms with Crippen LogP contribution >= 0.6 is 0 Å². The molecule has 3 aromatic heterocycles. The lowest BCUT2D eigenvalue weighted by Crippen LogP contribution is -2.45. The highest BCUT2D eigenvalue weighted by atomic mass is 16.6. The van der Waals surface area contributed by atoms with Gasteiger partial charge >= 0.3 is 6.09 Å². The number of anilines is 1. The summed E-state index contributed by atoms with van der Waals surface area (Å²) >= 11 is 0. The molecule has 0 bridgehead atoms. The summed E-state index contributed by atoms with van der Waals surface area (Å²) in [6.07, 6.45) is 5.36. The Kier molecular flexibility index (Phi) is 9.19. The first-order valence-corrected chi connectivity index (χ1v) is 16.2. The van der Waals surface area contributed by atoms with E-state index in [0.717, 1.165) is 83.8 Å². The predicted octanol–water partition coefficient (Wildman–Crippen LogP) is 5.88. The number of hydrogen-bond acceptors (Lipinski definition) is 8. The van der Waals surface area contributed by atoms with E-state index in [1.165, 1.54) is 0 Å². The van der Waals surface area contributed by atoms with Crippen LogP contribution in [0.1, 0.15) is 52.3 Å². The van der Waals surface area contributed by atoms with Gasteiger partial charge in [0.25, 0.3) is 0 Å². The molecule has 5 aromatic rings. The summed E-state index contributed by atoms with van der Waals surface area (Å²) in [6, 6.07) is 21.1. The van der Waals surface area contributed by atoms with Gasteiger partial charge in [0.05, 0.1) is 11.2 Å². The van der Waals surface area contributed by atoms with Crippen LogP contribution in [0.2, 0.25) is 0 Å². The number of likely N-dealkylation sites (N-methyl/N-ethyl adjacent to an activating group) is 1. The molecule has 1 amide bonds. The Morgan fingerprint density at radius 1 is 1.02 bits per heavy atom. The molecule has 1 aliphatic carbocycles. The second-order valence-electron chi connectivity index (χ2n) is 13.0. The number of benzene rings is 2. The number of nitrogens with zero attached hydrogens (tertiary/aromatic N) is 5. The van der Waals surface area contributed by atoms with E-state index in [0.29, 0.717) is 24.3 Å². The Hall–Kier alpha value is -4.54. The molecule has 1 aliphatic rings. The number of fused-ring (bicyclic) bond motifs is 2. The number of nitrogens with two attached hydrogens (primary N) is 1. The zero-order valence-corrected chi connectivity index (χ0v) is 27.2. The second-order valence-corrected chi connectivity index (χ2v) is 13.0. The average Bonchev–Trinajstić information content (AvgIpc) is 3.40. The maximum atomic E-state index is 11.9. The quantitative estimate of drug-likeness (QED) is 0.167. The van der Waals surface area contributed by atoms with Crippen LogP contribution in [-0.4, -0.2) is 74.7 Å². The van der Waals surface area contributed by atoms with E-state index in [1.54, 1.807) is 6.20 Å². The molecule has 0 saturated heterocycles. The number of ether oxygens (including phenoxy) is 1. The van der Waals surface area contributed by atoms with Gasteiger partial charge in [-0.2, -0.15) is 0 Å². The zero-order valence-electron chi connectivity index (χ0n) is 27.2. The van der Waals surface area contributed by atoms with Crippen molar-refractivity contribution in [2.75, 3.05) is 38.5 Å². The van der Waals surface area contributed by atoms with Gasteiger partial charge < -0.3 is 26.0 Å². The molecule has 1 saturated carbocycles. The Labute approximate surface area is 270 Å². The van der Waals surface area contributed by atoms with Crippen LogP contribution in [0.3, 0.4) is 0 Å². The first-order valence-electron chi connectivity index (χ1n) is 16.2. The minimum Gasteiger partial charge on any atom is -0.444 e. The van der Waals surface area contributed by atoms with Gasteiger partial charge in [0, 0.05) is 67.0 Å². The number of hydrogen-bond donors (Lipinski definition) is 3. The van der Waals surface area contributed by atoms with Crippen molar-refractivity contribution in [1.82, 2.24) is 34.9 Å². The third-order valence-corrected chi connectivity index (χ3v) is 8.55. The number of rotatable bonds is 11. The van der Waals surface area contributed by atoms with Gasteiger partial charge in [-0.3, -0.25) is 4.40 Å². The standard InChI is InChI=1S/C36H44N8O2/c1-5-43(19-16-40-35(45)46-36(2,3)4)18-15-38-28-21-27(22-28)34-42-31(32-33(37)39-17-20-44(32)34)26-12-11-25-13-14-29(41-30(25)23-26)24-9-7-6-8-10-24/h6-14,17,20,23,27-28,38H,5,15-16,18-19,21-22H2,1-4H3,(H2,37,39)(H,40,45). The van der Waals surface area contributed by atoms with Crippen LogP contribution < -0.4 is 16.4 Å². The Bertz CT molecular complexity index is 1810. The lowest BCUT2D eigenvalue weighted by molar-refractivity contribution is 0.0522. The lowest BCUT2D eigenvalue weighted by atomic mass is 9.79. The fraction of sp³-hybridized carbons (Fsp3) is 0.389. The highest BCUT2D eigenvalue weighted by Crippen LogP contribution is 2.40. The van der Waals surface area contributed by atoms with Crippen molar-refractivity contribution in [2.45, 2.75) is 58.1 Å². The van der Waals surface area contributed by atoms with Crippen molar-refractivity contribution in [3.05, 3.63) is 78.9 Å². The number of aromatic nitrogens is 4. The molecule has 46 heavy (non-hydrogen) atoms. The van der Waals surface area contributed by atoms with Crippen LogP contribution in [0.4, 0.5) is 10.6 Å². The number of pyridine rings is 1. The van der Waals surface area contributed by atoms with E-state index in [4.69, 9.17) is 20.4 Å². The molecule has 3 heterocycles. The van der Waals surface area contributed by atoms with Crippen molar-refractivity contribution < 1.29 is 9.53 Å². The first-order chi connectivity index (χ1) is 22.2. The summed E-state index contributed by atoms with van der Waals surface area (Å²) in [4.78, 5) is 28.8. The fourth-order valence-electron chi connectivity index (χ4n) is 6.09. The molecule has 2 aromatic carbocycles. The topological polar surface area (TPSA) is 123 Å². The Balaban J connectivity index is 1.10. The molecule has 0 radical (unpaired) electrons. The molecule has 10 heteroatoms. The number of amides is 1. The van der Waals surface area contributed by atoms with Crippen LogP contribution in [0, 0.1) is 0 Å². The molecular formula is C36H44N8O2. The number of carbonyl (C=O) groups excluding carboxylic acids is 1. The van der Waals surface area contributed by atoms with E-state index in [9.17, 15) is 4.79 Å². The largest absolute Gasteiger partial charge is 0.444 e. The molecule has 4 N–H and O–H groups in total. The van der Waals surface area contributed by atoms with E-state index < -0.39 is 5.60 Å². The SMILES string of the molecule is CCN(CCNC(=O)OC(C)(C)C)CCNC1CC(c2nc(-c3ccc4ccc(-c5ccccc5)nc4c3)c3c(N)nccn23)C1. The van der Waals surface area contributed by atoms with Gasteiger partial charge in [0.15, 0.2) is 0 Å². The summed E-state index contributed by atoms with van der Waals surface area (Å²) in [5.74, 6) is 1.81. The van der Waals surface area contributed by atoms with E-state index in [-0.39, 0.29) is 6.09 Å². The highest BCUT2D eigenvalue weighted by molar-refractivity contribution is 5.91. The minimum atomic E-state index is -0.492. The molecule has 10 nitrogen and oxygen atoms in total. The van der Waals surface area contributed by atoms with Gasteiger partial charge in [-0.25, -0.2) is 19.7 Å². The zero-order chi connectivity index (χ0) is 32.3. The predicted molar refractivity (Wildman–Crippen MR) is 184 cm³/mol. The summed E-state index contributed by atoms with van der Waals surface area (Å²) in [5.41, 5.74) is 11.6. The number of nitrogens with one attached hydrogen (secondary N) is 2. The maximum absolute atomic E-state index is 11.9. The smallest absolute Gasteiger partial charge is 0.407 e. The molecule has 0 aliphatic heterocycles. The van der Waals surface area contributed by atoms with E-state index in [1.807, 2.05) is 45.2 Å². The second kappa shape index (κ2) is 13.4. The van der Waals surface area contributed by atoms with Crippen molar-refractivity contribution in [1.29, 1.82) is 0 Å². The lowest BCUT2D eigenvalue weighted by Gasteiger charge is -2.35. The number of nitrogen functional groups attached to an aromatic ring is 1. The van der Waals surface area contributed by atoms with Gasteiger partial charge in [-0.15, -0.1) is 0 Å². The monoisotopic (exact) mass is 620 g/mol. The summed E-state index contributed by atoms with van der Waals surface area (Å²) in [5, 5.41) is 7.64. The normalized spacial score (nSPS) is 16.5. The maximum Gasteiger partial charge on any atom is 0.407 e. The number of alkyl carbamates (subject to hydrolysis) is 1. The number of carbonyl (C=O) groups is 1. The van der Waals surface area contributed by atoms with Crippen molar-refractivity contribution in [3.63, 3.8) is 0 Å². The van der Waals surface area contributed by atoms with Crippen molar-refractivity contribution in [2.24, 2.45) is 0 Å². The minimum absolute atomic E-state index is 0.323. The Morgan fingerprint density at radius 3 is 2.54 bits per heavy atom. The molecule has 6 rings (SSSR count). The summed E-state index contributed by atoms with van der Waals surface area (Å²) in [7, 11) is 0. The van der Waals surface area contributed by atoms with Crippen molar-refractivity contribution >= 4 is 28.3 Å².